The number of rotatable bonds is 3. The fourth-order valence-corrected chi connectivity index (χ4v) is 4.12. The number of benzene rings is 2. The van der Waals surface area contributed by atoms with Crippen molar-refractivity contribution < 1.29 is 9.59 Å². The summed E-state index contributed by atoms with van der Waals surface area (Å²) in [5.74, 6) is -0.565. The Kier molecular flexibility index (Phi) is 4.37. The molecule has 7 heteroatoms. The average molecular weight is 417 g/mol. The molecule has 2 aromatic carbocycles. The van der Waals surface area contributed by atoms with Gasteiger partial charge >= 0.3 is 0 Å². The Morgan fingerprint density at radius 3 is 2.67 bits per heavy atom. The Labute approximate surface area is 177 Å². The Hall–Kier alpha value is -3.51. The van der Waals surface area contributed by atoms with Gasteiger partial charge < -0.3 is 5.73 Å². The van der Waals surface area contributed by atoms with Crippen molar-refractivity contribution >= 4 is 40.1 Å². The summed E-state index contributed by atoms with van der Waals surface area (Å²) >= 11 is 6.43. The third kappa shape index (κ3) is 2.88. The molecule has 30 heavy (non-hydrogen) atoms. The van der Waals surface area contributed by atoms with E-state index in [1.807, 2.05) is 24.3 Å². The molecular formula is C23H17ClN4O2. The van der Waals surface area contributed by atoms with Crippen LogP contribution in [0.25, 0.3) is 22.3 Å². The van der Waals surface area contributed by atoms with Crippen LogP contribution in [0.2, 0.25) is 5.02 Å². The summed E-state index contributed by atoms with van der Waals surface area (Å²) in [7, 11) is 0. The Morgan fingerprint density at radius 2 is 1.87 bits per heavy atom. The Bertz CT molecular complexity index is 1300. The third-order valence-corrected chi connectivity index (χ3v) is 5.71. The molecule has 0 saturated heterocycles. The molecule has 1 aromatic heterocycles. The maximum Gasteiger partial charge on any atom is 0.261 e. The number of allylic oxidation sites excluding steroid dienone is 1. The van der Waals surface area contributed by atoms with Crippen LogP contribution in [0, 0.1) is 0 Å². The number of imide groups is 1. The van der Waals surface area contributed by atoms with Gasteiger partial charge in [0.15, 0.2) is 0 Å². The van der Waals surface area contributed by atoms with Crippen LogP contribution in [0.3, 0.4) is 0 Å². The molecule has 0 unspecified atom stereocenters. The number of hydrogen-bond donors (Lipinski definition) is 1. The minimum absolute atomic E-state index is 0.0107. The van der Waals surface area contributed by atoms with Crippen LogP contribution in [0.5, 0.6) is 0 Å². The molecule has 5 rings (SSSR count). The SMILES string of the molecule is Nc1cccc2nc(CN3C(=O)C4=C(CCC=C4)C3=O)c(-c3ccccc3Cl)nc12. The van der Waals surface area contributed by atoms with E-state index in [0.717, 1.165) is 6.42 Å². The number of carbonyl (C=O) groups is 2. The second-order valence-electron chi connectivity index (χ2n) is 7.24. The van der Waals surface area contributed by atoms with E-state index in [1.54, 1.807) is 30.3 Å². The smallest absolute Gasteiger partial charge is 0.261 e. The molecule has 2 aliphatic rings. The van der Waals surface area contributed by atoms with Gasteiger partial charge in [0.2, 0.25) is 0 Å². The van der Waals surface area contributed by atoms with E-state index in [2.05, 4.69) is 0 Å². The van der Waals surface area contributed by atoms with Crippen molar-refractivity contribution in [2.75, 3.05) is 5.73 Å². The fraction of sp³-hybridized carbons (Fsp3) is 0.130. The number of halogens is 1. The van der Waals surface area contributed by atoms with Gasteiger partial charge in [0.1, 0.15) is 5.52 Å². The highest BCUT2D eigenvalue weighted by molar-refractivity contribution is 6.33. The summed E-state index contributed by atoms with van der Waals surface area (Å²) in [4.78, 5) is 36.5. The summed E-state index contributed by atoms with van der Waals surface area (Å²) in [5.41, 5.74) is 10.5. The first-order chi connectivity index (χ1) is 14.5. The van der Waals surface area contributed by atoms with Gasteiger partial charge in [-0.25, -0.2) is 9.97 Å². The molecule has 0 saturated carbocycles. The van der Waals surface area contributed by atoms with Crippen molar-refractivity contribution in [2.24, 2.45) is 0 Å². The van der Waals surface area contributed by atoms with Gasteiger partial charge in [-0.3, -0.25) is 14.5 Å². The Balaban J connectivity index is 1.65. The van der Waals surface area contributed by atoms with E-state index < -0.39 is 0 Å². The second kappa shape index (κ2) is 7.07. The van der Waals surface area contributed by atoms with Crippen molar-refractivity contribution in [3.8, 4) is 11.3 Å². The van der Waals surface area contributed by atoms with Crippen molar-refractivity contribution in [1.82, 2.24) is 14.9 Å². The van der Waals surface area contributed by atoms with E-state index in [0.29, 0.717) is 56.3 Å². The highest BCUT2D eigenvalue weighted by Crippen LogP contribution is 2.34. The second-order valence-corrected chi connectivity index (χ2v) is 7.65. The summed E-state index contributed by atoms with van der Waals surface area (Å²) in [6, 6.07) is 12.6. The number of amides is 2. The molecule has 1 aliphatic carbocycles. The average Bonchev–Trinajstić information content (AvgIpc) is 2.99. The quantitative estimate of drug-likeness (QED) is 0.514. The van der Waals surface area contributed by atoms with Gasteiger partial charge in [-0.1, -0.05) is 48.0 Å². The molecular weight excluding hydrogens is 400 g/mol. The lowest BCUT2D eigenvalue weighted by Crippen LogP contribution is -2.31. The lowest BCUT2D eigenvalue weighted by molar-refractivity contribution is -0.138. The first kappa shape index (κ1) is 18.5. The van der Waals surface area contributed by atoms with Gasteiger partial charge in [-0.15, -0.1) is 0 Å². The van der Waals surface area contributed by atoms with Crippen molar-refractivity contribution in [1.29, 1.82) is 0 Å². The predicted octanol–water partition coefficient (Wildman–Crippen LogP) is 4.05. The highest BCUT2D eigenvalue weighted by Gasteiger charge is 2.38. The van der Waals surface area contributed by atoms with E-state index in [4.69, 9.17) is 27.3 Å². The third-order valence-electron chi connectivity index (χ3n) is 5.38. The zero-order valence-corrected chi connectivity index (χ0v) is 16.7. The van der Waals surface area contributed by atoms with E-state index in [1.165, 1.54) is 4.90 Å². The molecule has 1 aliphatic heterocycles. The van der Waals surface area contributed by atoms with Crippen molar-refractivity contribution in [3.05, 3.63) is 76.5 Å². The van der Waals surface area contributed by atoms with Crippen LogP contribution in [0.4, 0.5) is 5.69 Å². The van der Waals surface area contributed by atoms with Crippen LogP contribution in [-0.2, 0) is 16.1 Å². The number of aromatic nitrogens is 2. The van der Waals surface area contributed by atoms with Gasteiger partial charge in [-0.05, 0) is 31.0 Å². The Morgan fingerprint density at radius 1 is 1.03 bits per heavy atom. The number of para-hydroxylation sites is 1. The van der Waals surface area contributed by atoms with Crippen LogP contribution in [-0.4, -0.2) is 26.7 Å². The molecule has 2 N–H and O–H groups in total. The molecule has 0 atom stereocenters. The summed E-state index contributed by atoms with van der Waals surface area (Å²) in [6.45, 7) is 0.0107. The standard InChI is InChI=1S/C23H17ClN4O2/c24-16-9-4-3-8-15(16)20-19(26-18-11-5-10-17(25)21(18)27-20)12-28-22(29)13-6-1-2-7-14(13)23(28)30/h1,3-6,8-11H,2,7,12,25H2. The first-order valence-corrected chi connectivity index (χ1v) is 9.98. The minimum Gasteiger partial charge on any atom is -0.397 e. The number of fused-ring (bicyclic) bond motifs is 1. The number of hydrogen-bond acceptors (Lipinski definition) is 5. The molecule has 2 heterocycles. The summed E-state index contributed by atoms with van der Waals surface area (Å²) in [5, 5.41) is 0.501. The largest absolute Gasteiger partial charge is 0.397 e. The van der Waals surface area contributed by atoms with Gasteiger partial charge in [0.05, 0.1) is 34.2 Å². The highest BCUT2D eigenvalue weighted by atomic mass is 35.5. The molecule has 3 aromatic rings. The zero-order chi connectivity index (χ0) is 20.8. The van der Waals surface area contributed by atoms with Crippen LogP contribution >= 0.6 is 11.6 Å². The summed E-state index contributed by atoms with van der Waals surface area (Å²) < 4.78 is 0. The maximum absolute atomic E-state index is 12.9. The number of anilines is 1. The van der Waals surface area contributed by atoms with Crippen LogP contribution in [0.15, 0.2) is 65.8 Å². The number of nitrogens with two attached hydrogens (primary N) is 1. The number of nitrogens with zero attached hydrogens (tertiary/aromatic N) is 3. The predicted molar refractivity (Wildman–Crippen MR) is 115 cm³/mol. The van der Waals surface area contributed by atoms with Crippen LogP contribution in [0.1, 0.15) is 18.5 Å². The lowest BCUT2D eigenvalue weighted by Gasteiger charge is -2.18. The number of nitrogen functional groups attached to an aromatic ring is 1. The molecule has 6 nitrogen and oxygen atoms in total. The van der Waals surface area contributed by atoms with Crippen molar-refractivity contribution in [2.45, 2.75) is 19.4 Å². The van der Waals surface area contributed by atoms with E-state index in [9.17, 15) is 9.59 Å². The van der Waals surface area contributed by atoms with Crippen LogP contribution < -0.4 is 5.73 Å². The minimum atomic E-state index is -0.300. The first-order valence-electron chi connectivity index (χ1n) is 9.60. The number of carbonyl (C=O) groups excluding carboxylic acids is 2. The van der Waals surface area contributed by atoms with Gasteiger partial charge in [-0.2, -0.15) is 0 Å². The zero-order valence-electron chi connectivity index (χ0n) is 15.9. The molecule has 148 valence electrons. The summed E-state index contributed by atoms with van der Waals surface area (Å²) in [6.07, 6.45) is 4.98. The molecule has 2 amide bonds. The fourth-order valence-electron chi connectivity index (χ4n) is 3.90. The van der Waals surface area contributed by atoms with Crippen molar-refractivity contribution in [3.63, 3.8) is 0 Å². The topological polar surface area (TPSA) is 89.2 Å². The monoisotopic (exact) mass is 416 g/mol. The molecule has 0 bridgehead atoms. The van der Waals surface area contributed by atoms with E-state index in [-0.39, 0.29) is 18.4 Å². The van der Waals surface area contributed by atoms with Gasteiger partial charge in [0.25, 0.3) is 11.8 Å². The molecule has 0 spiro atoms. The normalized spacial score (nSPS) is 16.0. The van der Waals surface area contributed by atoms with E-state index >= 15 is 0 Å². The molecule has 0 fully saturated rings. The lowest BCUT2D eigenvalue weighted by atomic mass is 10.00. The molecule has 0 radical (unpaired) electrons. The maximum atomic E-state index is 12.9. The van der Waals surface area contributed by atoms with Gasteiger partial charge in [0, 0.05) is 16.7 Å².